The summed E-state index contributed by atoms with van der Waals surface area (Å²) in [6, 6.07) is 19.5. The van der Waals surface area contributed by atoms with Gasteiger partial charge in [0.2, 0.25) is 0 Å². The van der Waals surface area contributed by atoms with Gasteiger partial charge in [0, 0.05) is 12.0 Å². The van der Waals surface area contributed by atoms with E-state index < -0.39 is 5.41 Å². The molecule has 2 aromatic rings. The molecule has 0 amide bonds. The molecule has 0 N–H and O–H groups in total. The molecular weight excluding hydrogens is 350 g/mol. The van der Waals surface area contributed by atoms with E-state index in [2.05, 4.69) is 4.90 Å². The largest absolute Gasteiger partial charge is 0.465 e. The lowest BCUT2D eigenvalue weighted by atomic mass is 9.72. The zero-order valence-corrected chi connectivity index (χ0v) is 16.6. The van der Waals surface area contributed by atoms with Crippen molar-refractivity contribution in [2.24, 2.45) is 0 Å². The highest BCUT2D eigenvalue weighted by Crippen LogP contribution is 2.37. The fourth-order valence-electron chi connectivity index (χ4n) is 4.03. The predicted octanol–water partition coefficient (Wildman–Crippen LogP) is 4.25. The van der Waals surface area contributed by atoms with Gasteiger partial charge in [-0.15, -0.1) is 0 Å². The number of hydrogen-bond acceptors (Lipinski definition) is 4. The van der Waals surface area contributed by atoms with E-state index in [-0.39, 0.29) is 11.8 Å². The van der Waals surface area contributed by atoms with Crippen molar-refractivity contribution in [1.29, 1.82) is 0 Å². The molecule has 1 aliphatic rings. The topological polar surface area (TPSA) is 46.6 Å². The highest BCUT2D eigenvalue weighted by Gasteiger charge is 2.43. The van der Waals surface area contributed by atoms with E-state index in [0.717, 1.165) is 50.0 Å². The second-order valence-corrected chi connectivity index (χ2v) is 7.40. The average molecular weight is 380 g/mol. The molecule has 0 radical (unpaired) electrons. The van der Waals surface area contributed by atoms with Gasteiger partial charge in [-0.3, -0.25) is 9.59 Å². The number of benzene rings is 2. The monoisotopic (exact) mass is 379 g/mol. The first-order valence-electron chi connectivity index (χ1n) is 10.2. The summed E-state index contributed by atoms with van der Waals surface area (Å²) >= 11 is 0. The normalized spacial score (nSPS) is 16.5. The lowest BCUT2D eigenvalue weighted by Gasteiger charge is -2.40. The van der Waals surface area contributed by atoms with Crippen LogP contribution in [0.25, 0.3) is 0 Å². The van der Waals surface area contributed by atoms with Gasteiger partial charge in [-0.05, 0) is 51.4 Å². The van der Waals surface area contributed by atoms with Gasteiger partial charge < -0.3 is 9.64 Å². The Morgan fingerprint density at radius 2 is 1.57 bits per heavy atom. The Morgan fingerprint density at radius 3 is 2.18 bits per heavy atom. The Balaban J connectivity index is 1.55. The zero-order valence-electron chi connectivity index (χ0n) is 16.6. The molecule has 0 aliphatic carbocycles. The number of likely N-dealkylation sites (tertiary alicyclic amines) is 1. The molecule has 0 aromatic heterocycles. The lowest BCUT2D eigenvalue weighted by molar-refractivity contribution is -0.152. The third kappa shape index (κ3) is 4.68. The smallest absolute Gasteiger partial charge is 0.316 e. The van der Waals surface area contributed by atoms with Crippen molar-refractivity contribution in [3.63, 3.8) is 0 Å². The van der Waals surface area contributed by atoms with Crippen LogP contribution >= 0.6 is 0 Å². The standard InChI is InChI=1S/C24H29NO3/c1-2-28-23(27)24(21-12-7-4-8-13-21)15-18-25(19-16-24)17-9-14-22(26)20-10-5-3-6-11-20/h3-8,10-13H,2,9,14-19H2,1H3. The molecule has 1 fully saturated rings. The molecule has 2 aromatic carbocycles. The molecule has 4 nitrogen and oxygen atoms in total. The first kappa shape index (κ1) is 20.3. The maximum Gasteiger partial charge on any atom is 0.316 e. The van der Waals surface area contributed by atoms with Crippen LogP contribution in [-0.4, -0.2) is 42.9 Å². The van der Waals surface area contributed by atoms with Crippen LogP contribution in [0.1, 0.15) is 48.5 Å². The molecule has 3 rings (SSSR count). The molecule has 148 valence electrons. The SMILES string of the molecule is CCOC(=O)C1(c2ccccc2)CCN(CCCC(=O)c2ccccc2)CC1. The molecule has 28 heavy (non-hydrogen) atoms. The summed E-state index contributed by atoms with van der Waals surface area (Å²) in [5, 5.41) is 0. The molecule has 4 heteroatoms. The number of carbonyl (C=O) groups is 2. The molecule has 1 saturated heterocycles. The van der Waals surface area contributed by atoms with E-state index in [0.29, 0.717) is 13.0 Å². The van der Waals surface area contributed by atoms with E-state index >= 15 is 0 Å². The van der Waals surface area contributed by atoms with Crippen LogP contribution in [0.2, 0.25) is 0 Å². The predicted molar refractivity (Wildman–Crippen MR) is 110 cm³/mol. The van der Waals surface area contributed by atoms with E-state index in [1.54, 1.807) is 0 Å². The summed E-state index contributed by atoms with van der Waals surface area (Å²) in [5.74, 6) is 0.0860. The van der Waals surface area contributed by atoms with Crippen LogP contribution in [0.3, 0.4) is 0 Å². The van der Waals surface area contributed by atoms with Crippen molar-refractivity contribution < 1.29 is 14.3 Å². The van der Waals surface area contributed by atoms with Crippen molar-refractivity contribution in [3.8, 4) is 0 Å². The van der Waals surface area contributed by atoms with Crippen LogP contribution in [0.4, 0.5) is 0 Å². The molecule has 1 heterocycles. The van der Waals surface area contributed by atoms with Gasteiger partial charge in [0.25, 0.3) is 0 Å². The van der Waals surface area contributed by atoms with Gasteiger partial charge in [-0.2, -0.15) is 0 Å². The minimum atomic E-state index is -0.548. The van der Waals surface area contributed by atoms with Crippen molar-refractivity contribution in [2.45, 2.75) is 38.0 Å². The van der Waals surface area contributed by atoms with Crippen molar-refractivity contribution in [3.05, 3.63) is 71.8 Å². The third-order valence-corrected chi connectivity index (χ3v) is 5.68. The second kappa shape index (κ2) is 9.65. The Morgan fingerprint density at radius 1 is 0.964 bits per heavy atom. The van der Waals surface area contributed by atoms with Crippen LogP contribution in [0.15, 0.2) is 60.7 Å². The number of ether oxygens (including phenoxy) is 1. The summed E-state index contributed by atoms with van der Waals surface area (Å²) in [7, 11) is 0. The van der Waals surface area contributed by atoms with Crippen LogP contribution < -0.4 is 0 Å². The van der Waals surface area contributed by atoms with Gasteiger partial charge in [-0.25, -0.2) is 0 Å². The Hall–Kier alpha value is -2.46. The Labute approximate surface area is 167 Å². The quantitative estimate of drug-likeness (QED) is 0.508. The number of ketones is 1. The Kier molecular flexibility index (Phi) is 6.99. The maximum atomic E-state index is 12.8. The minimum Gasteiger partial charge on any atom is -0.465 e. The first-order valence-corrected chi connectivity index (χ1v) is 10.2. The molecule has 0 saturated carbocycles. The van der Waals surface area contributed by atoms with Gasteiger partial charge in [0.05, 0.1) is 12.0 Å². The molecule has 0 bridgehead atoms. The maximum absolute atomic E-state index is 12.8. The summed E-state index contributed by atoms with van der Waals surface area (Å²) in [6.45, 7) is 4.82. The van der Waals surface area contributed by atoms with Gasteiger partial charge >= 0.3 is 5.97 Å². The Bertz CT molecular complexity index is 765. The average Bonchev–Trinajstić information content (AvgIpc) is 2.75. The molecule has 0 atom stereocenters. The van der Waals surface area contributed by atoms with E-state index in [4.69, 9.17) is 4.74 Å². The number of esters is 1. The van der Waals surface area contributed by atoms with Crippen LogP contribution in [0.5, 0.6) is 0 Å². The van der Waals surface area contributed by atoms with Crippen molar-refractivity contribution >= 4 is 11.8 Å². The molecule has 0 unspecified atom stereocenters. The summed E-state index contributed by atoms with van der Waals surface area (Å²) in [5.41, 5.74) is 1.28. The fourth-order valence-corrected chi connectivity index (χ4v) is 4.03. The van der Waals surface area contributed by atoms with Gasteiger partial charge in [0.1, 0.15) is 0 Å². The number of Topliss-reactive ketones (excluding diaryl/α,β-unsaturated/α-hetero) is 1. The lowest BCUT2D eigenvalue weighted by Crippen LogP contribution is -2.48. The first-order chi connectivity index (χ1) is 13.7. The number of hydrogen-bond donors (Lipinski definition) is 0. The van der Waals surface area contributed by atoms with E-state index in [1.165, 1.54) is 0 Å². The minimum absolute atomic E-state index is 0.111. The highest BCUT2D eigenvalue weighted by molar-refractivity contribution is 5.95. The number of carbonyl (C=O) groups excluding carboxylic acids is 2. The van der Waals surface area contributed by atoms with E-state index in [9.17, 15) is 9.59 Å². The molecular formula is C24H29NO3. The van der Waals surface area contributed by atoms with Gasteiger partial charge in [0.15, 0.2) is 5.78 Å². The molecule has 1 aliphatic heterocycles. The van der Waals surface area contributed by atoms with Crippen molar-refractivity contribution in [1.82, 2.24) is 4.90 Å². The highest BCUT2D eigenvalue weighted by atomic mass is 16.5. The summed E-state index contributed by atoms with van der Waals surface area (Å²) in [6.07, 6.45) is 2.90. The number of nitrogens with zero attached hydrogens (tertiary/aromatic N) is 1. The summed E-state index contributed by atoms with van der Waals surface area (Å²) < 4.78 is 5.43. The summed E-state index contributed by atoms with van der Waals surface area (Å²) in [4.78, 5) is 27.4. The van der Waals surface area contributed by atoms with Crippen LogP contribution in [-0.2, 0) is 14.9 Å². The number of piperidine rings is 1. The van der Waals surface area contributed by atoms with E-state index in [1.807, 2.05) is 67.6 Å². The second-order valence-electron chi connectivity index (χ2n) is 7.40. The van der Waals surface area contributed by atoms with Crippen LogP contribution in [0, 0.1) is 0 Å². The van der Waals surface area contributed by atoms with Crippen molar-refractivity contribution in [2.75, 3.05) is 26.2 Å². The number of rotatable bonds is 8. The fraction of sp³-hybridized carbons (Fsp3) is 0.417. The third-order valence-electron chi connectivity index (χ3n) is 5.68. The molecule has 0 spiro atoms. The zero-order chi connectivity index (χ0) is 19.8. The van der Waals surface area contributed by atoms with Gasteiger partial charge in [-0.1, -0.05) is 60.7 Å².